The topological polar surface area (TPSA) is 62.5 Å². The molecule has 7 heteroatoms. The number of aromatic nitrogens is 1. The summed E-state index contributed by atoms with van der Waals surface area (Å²) >= 11 is 0. The highest BCUT2D eigenvalue weighted by atomic mass is 19.1. The van der Waals surface area contributed by atoms with E-state index in [-0.39, 0.29) is 12.0 Å². The first-order chi connectivity index (χ1) is 8.95. The molecule has 0 amide bonds. The number of hydrogen-bond donors (Lipinski definition) is 2. The van der Waals surface area contributed by atoms with Crippen LogP contribution in [0.2, 0.25) is 0 Å². The van der Waals surface area contributed by atoms with Gasteiger partial charge in [-0.2, -0.15) is 0 Å². The molecule has 0 radical (unpaired) electrons. The second kappa shape index (κ2) is 5.33. The third-order valence-electron chi connectivity index (χ3n) is 2.59. The Hall–Kier alpha value is -1.99. The van der Waals surface area contributed by atoms with Gasteiger partial charge in [-0.15, -0.1) is 0 Å². The van der Waals surface area contributed by atoms with Crippen molar-refractivity contribution in [2.75, 3.05) is 0 Å². The van der Waals surface area contributed by atoms with Crippen LogP contribution in [0.3, 0.4) is 0 Å². The summed E-state index contributed by atoms with van der Waals surface area (Å²) in [5.74, 6) is -1.43. The number of hydrogen-bond acceptors (Lipinski definition) is 3. The van der Waals surface area contributed by atoms with E-state index in [1.807, 2.05) is 0 Å². The maximum absolute atomic E-state index is 13.0. The van der Waals surface area contributed by atoms with E-state index in [2.05, 4.69) is 0 Å². The Labute approximate surface area is 107 Å². The molecule has 19 heavy (non-hydrogen) atoms. The maximum Gasteiger partial charge on any atom is 0.488 e. The second-order valence-electron chi connectivity index (χ2n) is 4.08. The molecule has 0 aliphatic carbocycles. The van der Waals surface area contributed by atoms with E-state index in [1.165, 1.54) is 16.8 Å². The number of halogens is 2. The lowest BCUT2D eigenvalue weighted by Crippen LogP contribution is -2.35. The van der Waals surface area contributed by atoms with E-state index < -0.39 is 24.3 Å². The van der Waals surface area contributed by atoms with Crippen LogP contribution in [0.15, 0.2) is 41.3 Å². The summed E-state index contributed by atoms with van der Waals surface area (Å²) in [6.45, 7) is -0.00465. The normalized spacial score (nSPS) is 10.5. The summed E-state index contributed by atoms with van der Waals surface area (Å²) in [4.78, 5) is 11.7. The third-order valence-corrected chi connectivity index (χ3v) is 2.59. The third kappa shape index (κ3) is 3.27. The van der Waals surface area contributed by atoms with Crippen molar-refractivity contribution in [3.05, 3.63) is 64.1 Å². The van der Waals surface area contributed by atoms with E-state index in [1.54, 1.807) is 0 Å². The number of pyridine rings is 1. The minimum atomic E-state index is -1.73. The zero-order chi connectivity index (χ0) is 14.0. The quantitative estimate of drug-likeness (QED) is 0.759. The van der Waals surface area contributed by atoms with Gasteiger partial charge in [-0.1, -0.05) is 0 Å². The van der Waals surface area contributed by atoms with Gasteiger partial charge in [0.05, 0.1) is 6.54 Å². The van der Waals surface area contributed by atoms with Crippen LogP contribution in [0.4, 0.5) is 8.78 Å². The molecule has 0 aliphatic heterocycles. The Morgan fingerprint density at radius 3 is 2.26 bits per heavy atom. The highest BCUT2D eigenvalue weighted by molar-refractivity contribution is 6.58. The fourth-order valence-electron chi connectivity index (χ4n) is 1.71. The summed E-state index contributed by atoms with van der Waals surface area (Å²) in [6.07, 6.45) is 1.33. The highest BCUT2D eigenvalue weighted by Crippen LogP contribution is 2.08. The summed E-state index contributed by atoms with van der Waals surface area (Å²) in [5.41, 5.74) is -0.126. The van der Waals surface area contributed by atoms with Crippen LogP contribution in [0.5, 0.6) is 0 Å². The van der Waals surface area contributed by atoms with Crippen molar-refractivity contribution in [1.29, 1.82) is 0 Å². The van der Waals surface area contributed by atoms with Gasteiger partial charge in [-0.3, -0.25) is 4.79 Å². The molecule has 0 spiro atoms. The van der Waals surface area contributed by atoms with Crippen LogP contribution < -0.4 is 11.0 Å². The molecule has 1 heterocycles. The fraction of sp³-hybridized carbons (Fsp3) is 0.0833. The minimum Gasteiger partial charge on any atom is -0.423 e. The molecule has 0 saturated heterocycles. The standard InChI is InChI=1S/C12H10BF2NO3/c14-10-3-8(4-11(15)6-10)7-16-2-1-9(13(18)19)5-12(16)17/h1-6,18-19H,7H2. The molecular formula is C12H10BF2NO3. The molecule has 98 valence electrons. The lowest BCUT2D eigenvalue weighted by molar-refractivity contribution is 0.425. The van der Waals surface area contributed by atoms with E-state index in [0.29, 0.717) is 5.56 Å². The van der Waals surface area contributed by atoms with Crippen LogP contribution in [0.25, 0.3) is 0 Å². The largest absolute Gasteiger partial charge is 0.488 e. The van der Waals surface area contributed by atoms with E-state index in [0.717, 1.165) is 24.3 Å². The monoisotopic (exact) mass is 265 g/mol. The zero-order valence-electron chi connectivity index (χ0n) is 9.75. The van der Waals surface area contributed by atoms with Gasteiger partial charge in [-0.05, 0) is 29.2 Å². The van der Waals surface area contributed by atoms with Gasteiger partial charge in [0.15, 0.2) is 0 Å². The van der Waals surface area contributed by atoms with Crippen LogP contribution in [-0.2, 0) is 6.54 Å². The van der Waals surface area contributed by atoms with Crippen molar-refractivity contribution in [2.24, 2.45) is 0 Å². The van der Waals surface area contributed by atoms with Crippen LogP contribution in [-0.4, -0.2) is 21.7 Å². The minimum absolute atomic E-state index is 0.00465. The van der Waals surface area contributed by atoms with Gasteiger partial charge < -0.3 is 14.6 Å². The summed E-state index contributed by atoms with van der Waals surface area (Å²) < 4.78 is 27.2. The van der Waals surface area contributed by atoms with Crippen molar-refractivity contribution >= 4 is 12.6 Å². The van der Waals surface area contributed by atoms with Crippen LogP contribution in [0.1, 0.15) is 5.56 Å². The molecule has 0 saturated carbocycles. The lowest BCUT2D eigenvalue weighted by Gasteiger charge is -2.07. The number of nitrogens with zero attached hydrogens (tertiary/aromatic N) is 1. The molecule has 2 aromatic rings. The highest BCUT2D eigenvalue weighted by Gasteiger charge is 2.12. The summed E-state index contributed by atoms with van der Waals surface area (Å²) in [7, 11) is -1.73. The molecule has 1 aromatic heterocycles. The molecule has 0 bridgehead atoms. The summed E-state index contributed by atoms with van der Waals surface area (Å²) in [5, 5.41) is 17.8. The van der Waals surface area contributed by atoms with Crippen LogP contribution >= 0.6 is 0 Å². The van der Waals surface area contributed by atoms with Crippen molar-refractivity contribution in [1.82, 2.24) is 4.57 Å². The summed E-state index contributed by atoms with van der Waals surface area (Å²) in [6, 6.07) is 5.41. The zero-order valence-corrected chi connectivity index (χ0v) is 9.75. The van der Waals surface area contributed by atoms with Crippen molar-refractivity contribution in [3.8, 4) is 0 Å². The predicted octanol–water partition coefficient (Wildman–Crippen LogP) is -0.145. The Morgan fingerprint density at radius 1 is 1.11 bits per heavy atom. The Bertz CT molecular complexity index is 637. The second-order valence-corrected chi connectivity index (χ2v) is 4.08. The molecular weight excluding hydrogens is 255 g/mol. The van der Waals surface area contributed by atoms with Crippen molar-refractivity contribution in [3.63, 3.8) is 0 Å². The van der Waals surface area contributed by atoms with Gasteiger partial charge in [-0.25, -0.2) is 8.78 Å². The molecule has 4 nitrogen and oxygen atoms in total. The first kappa shape index (κ1) is 13.4. The smallest absolute Gasteiger partial charge is 0.423 e. The molecule has 0 fully saturated rings. The van der Waals surface area contributed by atoms with Crippen molar-refractivity contribution < 1.29 is 18.8 Å². The van der Waals surface area contributed by atoms with Gasteiger partial charge in [0.1, 0.15) is 11.6 Å². The first-order valence-electron chi connectivity index (χ1n) is 5.47. The molecule has 0 unspecified atom stereocenters. The molecule has 1 aromatic carbocycles. The number of benzene rings is 1. The van der Waals surface area contributed by atoms with Gasteiger partial charge in [0.25, 0.3) is 0 Å². The van der Waals surface area contributed by atoms with Crippen molar-refractivity contribution in [2.45, 2.75) is 6.54 Å². The average molecular weight is 265 g/mol. The molecule has 2 rings (SSSR count). The molecule has 0 aliphatic rings. The maximum atomic E-state index is 13.0. The van der Waals surface area contributed by atoms with Gasteiger partial charge in [0, 0.05) is 18.3 Å². The first-order valence-corrected chi connectivity index (χ1v) is 5.47. The number of rotatable bonds is 3. The van der Waals surface area contributed by atoms with E-state index in [4.69, 9.17) is 10.0 Å². The van der Waals surface area contributed by atoms with Gasteiger partial charge in [0.2, 0.25) is 5.56 Å². The average Bonchev–Trinajstić information content (AvgIpc) is 2.30. The molecule has 0 atom stereocenters. The van der Waals surface area contributed by atoms with Gasteiger partial charge >= 0.3 is 7.12 Å². The van der Waals surface area contributed by atoms with E-state index >= 15 is 0 Å². The Balaban J connectivity index is 2.31. The lowest BCUT2D eigenvalue weighted by atomic mass is 9.81. The fourth-order valence-corrected chi connectivity index (χ4v) is 1.71. The molecule has 2 N–H and O–H groups in total. The Morgan fingerprint density at radius 2 is 1.74 bits per heavy atom. The SMILES string of the molecule is O=c1cc(B(O)O)ccn1Cc1cc(F)cc(F)c1. The van der Waals surface area contributed by atoms with E-state index in [9.17, 15) is 13.6 Å². The van der Waals surface area contributed by atoms with Crippen LogP contribution in [0, 0.1) is 11.6 Å². The Kier molecular flexibility index (Phi) is 3.78. The predicted molar refractivity (Wildman–Crippen MR) is 66.0 cm³/mol.